The van der Waals surface area contributed by atoms with E-state index in [1.165, 1.54) is 31.1 Å². The van der Waals surface area contributed by atoms with Crippen LogP contribution in [-0.4, -0.2) is 36.6 Å². The molecule has 0 aromatic heterocycles. The predicted octanol–water partition coefficient (Wildman–Crippen LogP) is 1.49. The lowest BCUT2D eigenvalue weighted by Gasteiger charge is -2.17. The van der Waals surface area contributed by atoms with Gasteiger partial charge in [0.05, 0.1) is 17.3 Å². The maximum Gasteiger partial charge on any atom is 0.272 e. The molecule has 0 radical (unpaired) electrons. The molecule has 0 heterocycles. The van der Waals surface area contributed by atoms with E-state index in [4.69, 9.17) is 16.3 Å². The molecule has 23 heavy (non-hydrogen) atoms. The quantitative estimate of drug-likeness (QED) is 0.633. The normalized spacial score (nSPS) is 10.6. The third-order valence-electron chi connectivity index (χ3n) is 3.16. The average Bonchev–Trinajstić information content (AvgIpc) is 2.52. The van der Waals surface area contributed by atoms with Gasteiger partial charge in [0.1, 0.15) is 11.3 Å². The Hall–Kier alpha value is -2.54. The van der Waals surface area contributed by atoms with E-state index in [0.29, 0.717) is 0 Å². The molecule has 0 aliphatic heterocycles. The summed E-state index contributed by atoms with van der Waals surface area (Å²) in [5.74, 6) is -0.995. The Labute approximate surface area is 136 Å². The summed E-state index contributed by atoms with van der Waals surface area (Å²) >= 11 is 5.96. The molecule has 122 valence electrons. The molecule has 0 saturated heterocycles. The fourth-order valence-electron chi connectivity index (χ4n) is 2.00. The highest BCUT2D eigenvalue weighted by Gasteiger charge is 2.25. The van der Waals surface area contributed by atoms with Crippen LogP contribution >= 0.6 is 11.6 Å². The number of aromatic hydroxyl groups is 1. The second-order valence-corrected chi connectivity index (χ2v) is 5.35. The summed E-state index contributed by atoms with van der Waals surface area (Å²) < 4.78 is 5.09. The fourth-order valence-corrected chi connectivity index (χ4v) is 2.23. The standard InChI is InChI=1S/C15H15ClN2O5/c1-4-23-14-10(12(20)13(14)21)17-8-6-5-7(16)9(11(8)19)15(22)18(2)3/h5-6,17,19H,4H2,1-3H3. The van der Waals surface area contributed by atoms with Crippen LogP contribution in [0.25, 0.3) is 0 Å². The van der Waals surface area contributed by atoms with Crippen molar-refractivity contribution in [2.45, 2.75) is 6.92 Å². The summed E-state index contributed by atoms with van der Waals surface area (Å²) in [6, 6.07) is 2.81. The first-order chi connectivity index (χ1) is 10.8. The molecule has 2 rings (SSSR count). The number of amides is 1. The zero-order chi connectivity index (χ0) is 17.3. The van der Waals surface area contributed by atoms with Crippen LogP contribution in [0.15, 0.2) is 21.7 Å². The Morgan fingerprint density at radius 1 is 1.30 bits per heavy atom. The van der Waals surface area contributed by atoms with E-state index >= 15 is 0 Å². The third kappa shape index (κ3) is 2.87. The summed E-state index contributed by atoms with van der Waals surface area (Å²) in [5.41, 5.74) is -1.56. The summed E-state index contributed by atoms with van der Waals surface area (Å²) in [6.07, 6.45) is 0. The van der Waals surface area contributed by atoms with Crippen LogP contribution in [0.4, 0.5) is 11.4 Å². The Bertz CT molecular complexity index is 837. The lowest BCUT2D eigenvalue weighted by molar-refractivity contribution is 0.0825. The van der Waals surface area contributed by atoms with Crippen molar-refractivity contribution in [2.24, 2.45) is 0 Å². The molecule has 0 spiro atoms. The van der Waals surface area contributed by atoms with E-state index in [-0.39, 0.29) is 34.3 Å². The van der Waals surface area contributed by atoms with E-state index < -0.39 is 22.5 Å². The Balaban J connectivity index is 2.45. The minimum absolute atomic E-state index is 0.0577. The molecule has 0 bridgehead atoms. The summed E-state index contributed by atoms with van der Waals surface area (Å²) in [6.45, 7) is 1.89. The number of hydrogen-bond acceptors (Lipinski definition) is 6. The first kappa shape index (κ1) is 16.8. The lowest BCUT2D eigenvalue weighted by Crippen LogP contribution is -2.35. The van der Waals surface area contributed by atoms with Gasteiger partial charge in [-0.3, -0.25) is 14.4 Å². The van der Waals surface area contributed by atoms with E-state index in [9.17, 15) is 19.5 Å². The van der Waals surface area contributed by atoms with Crippen LogP contribution in [0.5, 0.6) is 11.5 Å². The highest BCUT2D eigenvalue weighted by molar-refractivity contribution is 6.34. The second kappa shape index (κ2) is 6.29. The van der Waals surface area contributed by atoms with Crippen molar-refractivity contribution < 1.29 is 14.6 Å². The number of carbonyl (C=O) groups is 1. The molecule has 7 nitrogen and oxygen atoms in total. The van der Waals surface area contributed by atoms with Crippen LogP contribution < -0.4 is 20.9 Å². The van der Waals surface area contributed by atoms with Crippen LogP contribution in [0.1, 0.15) is 17.3 Å². The number of anilines is 2. The first-order valence-electron chi connectivity index (χ1n) is 6.75. The predicted molar refractivity (Wildman–Crippen MR) is 86.9 cm³/mol. The van der Waals surface area contributed by atoms with Crippen molar-refractivity contribution in [3.8, 4) is 11.5 Å². The van der Waals surface area contributed by atoms with Gasteiger partial charge < -0.3 is 20.1 Å². The lowest BCUT2D eigenvalue weighted by atomic mass is 10.1. The number of nitrogens with zero attached hydrogens (tertiary/aromatic N) is 1. The van der Waals surface area contributed by atoms with E-state index in [1.54, 1.807) is 6.92 Å². The molecular formula is C15H15ClN2O5. The zero-order valence-electron chi connectivity index (χ0n) is 12.8. The Kier molecular flexibility index (Phi) is 4.60. The van der Waals surface area contributed by atoms with Crippen molar-refractivity contribution in [1.29, 1.82) is 0 Å². The largest absolute Gasteiger partial charge is 0.505 e. The molecule has 0 atom stereocenters. The van der Waals surface area contributed by atoms with Crippen LogP contribution in [0, 0.1) is 0 Å². The van der Waals surface area contributed by atoms with Crippen molar-refractivity contribution >= 4 is 28.9 Å². The number of phenolic OH excluding ortho intramolecular Hbond substituents is 1. The topological polar surface area (TPSA) is 95.9 Å². The van der Waals surface area contributed by atoms with Gasteiger partial charge in [-0.05, 0) is 19.1 Å². The third-order valence-corrected chi connectivity index (χ3v) is 3.48. The molecule has 8 heteroatoms. The van der Waals surface area contributed by atoms with Gasteiger partial charge in [0.15, 0.2) is 11.5 Å². The number of rotatable bonds is 5. The van der Waals surface area contributed by atoms with Crippen molar-refractivity contribution in [2.75, 3.05) is 26.0 Å². The van der Waals surface area contributed by atoms with E-state index in [0.717, 1.165) is 0 Å². The molecule has 0 unspecified atom stereocenters. The minimum atomic E-state index is -0.747. The molecule has 0 aliphatic carbocycles. The van der Waals surface area contributed by atoms with Crippen molar-refractivity contribution in [3.05, 3.63) is 43.2 Å². The molecule has 0 fully saturated rings. The maximum absolute atomic E-state index is 12.1. The van der Waals surface area contributed by atoms with Gasteiger partial charge in [-0.1, -0.05) is 11.6 Å². The van der Waals surface area contributed by atoms with Gasteiger partial charge in [-0.2, -0.15) is 0 Å². The zero-order valence-corrected chi connectivity index (χ0v) is 13.5. The van der Waals surface area contributed by atoms with Gasteiger partial charge in [0.25, 0.3) is 16.8 Å². The summed E-state index contributed by atoms with van der Waals surface area (Å²) in [4.78, 5) is 36.4. The summed E-state index contributed by atoms with van der Waals surface area (Å²) in [7, 11) is 3.03. The number of benzene rings is 1. The Morgan fingerprint density at radius 2 is 1.96 bits per heavy atom. The number of ether oxygens (including phenoxy) is 1. The smallest absolute Gasteiger partial charge is 0.272 e. The minimum Gasteiger partial charge on any atom is -0.505 e. The van der Waals surface area contributed by atoms with E-state index in [2.05, 4.69) is 5.32 Å². The number of nitrogens with one attached hydrogen (secondary N) is 1. The maximum atomic E-state index is 12.1. The van der Waals surface area contributed by atoms with E-state index in [1.807, 2.05) is 0 Å². The highest BCUT2D eigenvalue weighted by Crippen LogP contribution is 2.36. The van der Waals surface area contributed by atoms with Gasteiger partial charge in [-0.15, -0.1) is 0 Å². The molecule has 2 aromatic rings. The molecule has 2 aromatic carbocycles. The number of phenols is 1. The average molecular weight is 339 g/mol. The number of carbonyl (C=O) groups excluding carboxylic acids is 1. The SMILES string of the molecule is CCOc1c(Nc2ccc(Cl)c(C(=O)N(C)C)c2O)c(=O)c1=O. The van der Waals surface area contributed by atoms with Gasteiger partial charge in [0.2, 0.25) is 0 Å². The van der Waals surface area contributed by atoms with Gasteiger partial charge >= 0.3 is 0 Å². The van der Waals surface area contributed by atoms with Crippen molar-refractivity contribution in [1.82, 2.24) is 4.90 Å². The Morgan fingerprint density at radius 3 is 2.52 bits per heavy atom. The summed E-state index contributed by atoms with van der Waals surface area (Å²) in [5, 5.41) is 13.0. The molecular weight excluding hydrogens is 324 g/mol. The highest BCUT2D eigenvalue weighted by atomic mass is 35.5. The van der Waals surface area contributed by atoms with Gasteiger partial charge in [-0.25, -0.2) is 0 Å². The molecule has 0 aliphatic rings. The van der Waals surface area contributed by atoms with Crippen LogP contribution in [0.3, 0.4) is 0 Å². The number of hydrogen-bond donors (Lipinski definition) is 2. The molecule has 2 N–H and O–H groups in total. The van der Waals surface area contributed by atoms with Crippen molar-refractivity contribution in [3.63, 3.8) is 0 Å². The molecule has 1 amide bonds. The monoisotopic (exact) mass is 338 g/mol. The van der Waals surface area contributed by atoms with Crippen LogP contribution in [-0.2, 0) is 0 Å². The number of halogens is 1. The second-order valence-electron chi connectivity index (χ2n) is 4.94. The first-order valence-corrected chi connectivity index (χ1v) is 7.13. The fraction of sp³-hybridized carbons (Fsp3) is 0.267. The van der Waals surface area contributed by atoms with Gasteiger partial charge in [0, 0.05) is 14.1 Å². The molecule has 0 saturated carbocycles. The van der Waals surface area contributed by atoms with Crippen LogP contribution in [0.2, 0.25) is 5.02 Å².